The van der Waals surface area contributed by atoms with Crippen LogP contribution in [0.4, 0.5) is 27.8 Å². The second-order valence-corrected chi connectivity index (χ2v) is 4.44. The van der Waals surface area contributed by atoms with Gasteiger partial charge in [0.05, 0.1) is 5.02 Å². The predicted octanol–water partition coefficient (Wildman–Crippen LogP) is 4.40. The summed E-state index contributed by atoms with van der Waals surface area (Å²) in [5.74, 6) is -5.49. The maximum absolute atomic E-state index is 12.7. The normalized spacial score (nSPS) is 12.4. The molecule has 1 aromatic heterocycles. The first kappa shape index (κ1) is 17.0. The molecule has 3 nitrogen and oxygen atoms in total. The largest absolute Gasteiger partial charge is 0.470 e. The number of anilines is 1. The van der Waals surface area contributed by atoms with Crippen molar-refractivity contribution in [2.24, 2.45) is 0 Å². The molecule has 0 fully saturated rings. The second kappa shape index (κ2) is 6.17. The van der Waals surface area contributed by atoms with Gasteiger partial charge in [-0.25, -0.2) is 0 Å². The zero-order valence-electron chi connectivity index (χ0n) is 9.99. The lowest BCUT2D eigenvalue weighted by Gasteiger charge is -2.20. The fourth-order valence-electron chi connectivity index (χ4n) is 1.08. The molecule has 0 radical (unpaired) electrons. The van der Waals surface area contributed by atoms with E-state index in [0.29, 0.717) is 6.54 Å². The number of hydrogen-bond donors (Lipinski definition) is 1. The first-order valence-electron chi connectivity index (χ1n) is 5.25. The fourth-order valence-corrected chi connectivity index (χ4v) is 1.56. The topological polar surface area (TPSA) is 34.2 Å². The minimum atomic E-state index is -5.71. The molecule has 1 rings (SSSR count). The molecule has 0 aliphatic rings. The summed E-state index contributed by atoms with van der Waals surface area (Å²) in [5, 5.41) is 2.50. The third kappa shape index (κ3) is 3.99. The number of pyridine rings is 1. The lowest BCUT2D eigenvalue weighted by molar-refractivity contribution is -0.290. The molecule has 1 N–H and O–H groups in total. The monoisotopic (exact) mass is 338 g/mol. The van der Waals surface area contributed by atoms with Crippen LogP contribution in [-0.4, -0.2) is 30.2 Å². The van der Waals surface area contributed by atoms with E-state index in [1.54, 1.807) is 6.92 Å². The van der Waals surface area contributed by atoms with E-state index in [4.69, 9.17) is 23.2 Å². The molecule has 0 bridgehead atoms. The van der Waals surface area contributed by atoms with E-state index in [9.17, 15) is 22.0 Å². The molecule has 0 spiro atoms. The predicted molar refractivity (Wildman–Crippen MR) is 64.9 cm³/mol. The fraction of sp³-hybridized carbons (Fsp3) is 0.500. The standard InChI is InChI=1S/C10H9Cl2F5N2O/c1-2-18-7-5(11)3-6(12)8(19-7)20-4-9(13,14)10(15,16)17/h3H,2,4H2,1H3,(H,18,19). The Morgan fingerprint density at radius 2 is 1.80 bits per heavy atom. The number of hydrogen-bond acceptors (Lipinski definition) is 3. The van der Waals surface area contributed by atoms with Crippen molar-refractivity contribution in [2.75, 3.05) is 18.5 Å². The summed E-state index contributed by atoms with van der Waals surface area (Å²) < 4.78 is 65.7. The van der Waals surface area contributed by atoms with Crippen LogP contribution in [0.1, 0.15) is 6.92 Å². The molecular formula is C10H9Cl2F5N2O. The van der Waals surface area contributed by atoms with E-state index < -0.39 is 24.6 Å². The van der Waals surface area contributed by atoms with Gasteiger partial charge in [-0.3, -0.25) is 0 Å². The Morgan fingerprint density at radius 1 is 1.20 bits per heavy atom. The third-order valence-electron chi connectivity index (χ3n) is 2.05. The van der Waals surface area contributed by atoms with Gasteiger partial charge in [-0.1, -0.05) is 23.2 Å². The van der Waals surface area contributed by atoms with Crippen LogP contribution in [0.15, 0.2) is 6.07 Å². The number of rotatable bonds is 5. The Hall–Kier alpha value is -1.02. The molecule has 0 aliphatic heterocycles. The number of nitrogens with zero attached hydrogens (tertiary/aromatic N) is 1. The molecule has 1 heterocycles. The molecule has 0 atom stereocenters. The summed E-state index contributed by atoms with van der Waals surface area (Å²) in [4.78, 5) is 3.65. The molecule has 114 valence electrons. The molecule has 0 saturated heterocycles. The van der Waals surface area contributed by atoms with Gasteiger partial charge in [-0.2, -0.15) is 26.9 Å². The molecule has 0 aromatic carbocycles. The van der Waals surface area contributed by atoms with E-state index in [1.165, 1.54) is 0 Å². The van der Waals surface area contributed by atoms with Crippen LogP contribution in [0, 0.1) is 0 Å². The Bertz CT molecular complexity index is 481. The number of halogens is 7. The van der Waals surface area contributed by atoms with Crippen LogP contribution in [0.5, 0.6) is 5.88 Å². The van der Waals surface area contributed by atoms with Crippen molar-refractivity contribution < 1.29 is 26.7 Å². The summed E-state index contributed by atoms with van der Waals surface area (Å²) in [6.45, 7) is 0.202. The highest BCUT2D eigenvalue weighted by atomic mass is 35.5. The molecular weight excluding hydrogens is 330 g/mol. The summed E-state index contributed by atoms with van der Waals surface area (Å²) in [7, 11) is 0. The summed E-state index contributed by atoms with van der Waals surface area (Å²) in [6, 6.07) is 1.13. The zero-order chi connectivity index (χ0) is 15.6. The summed E-state index contributed by atoms with van der Waals surface area (Å²) in [5.41, 5.74) is 0. The van der Waals surface area contributed by atoms with Crippen LogP contribution in [0.3, 0.4) is 0 Å². The first-order chi connectivity index (χ1) is 9.08. The minimum Gasteiger partial charge on any atom is -0.470 e. The number of aromatic nitrogens is 1. The van der Waals surface area contributed by atoms with Crippen molar-refractivity contribution in [3.63, 3.8) is 0 Å². The number of alkyl halides is 5. The molecule has 0 saturated carbocycles. The maximum Gasteiger partial charge on any atom is 0.456 e. The van der Waals surface area contributed by atoms with E-state index >= 15 is 0 Å². The quantitative estimate of drug-likeness (QED) is 0.808. The SMILES string of the molecule is CCNc1nc(OCC(F)(F)C(F)(F)F)c(Cl)cc1Cl. The van der Waals surface area contributed by atoms with Crippen molar-refractivity contribution in [1.82, 2.24) is 4.98 Å². The van der Waals surface area contributed by atoms with Crippen LogP contribution in [0.25, 0.3) is 0 Å². The molecule has 1 aromatic rings. The zero-order valence-corrected chi connectivity index (χ0v) is 11.5. The van der Waals surface area contributed by atoms with Crippen molar-refractivity contribution in [3.05, 3.63) is 16.1 Å². The highest BCUT2D eigenvalue weighted by Gasteiger charge is 2.58. The lowest BCUT2D eigenvalue weighted by Crippen LogP contribution is -2.41. The van der Waals surface area contributed by atoms with Crippen molar-refractivity contribution in [3.8, 4) is 5.88 Å². The van der Waals surface area contributed by atoms with E-state index in [0.717, 1.165) is 6.07 Å². The van der Waals surface area contributed by atoms with Gasteiger partial charge in [0.2, 0.25) is 5.88 Å². The number of ether oxygens (including phenoxy) is 1. The smallest absolute Gasteiger partial charge is 0.456 e. The van der Waals surface area contributed by atoms with Gasteiger partial charge in [0.25, 0.3) is 0 Å². The molecule has 0 unspecified atom stereocenters. The molecule has 20 heavy (non-hydrogen) atoms. The second-order valence-electron chi connectivity index (χ2n) is 3.63. The van der Waals surface area contributed by atoms with Crippen LogP contribution >= 0.6 is 23.2 Å². The molecule has 10 heteroatoms. The molecule has 0 aliphatic carbocycles. The van der Waals surface area contributed by atoms with Crippen LogP contribution in [0.2, 0.25) is 10.0 Å². The van der Waals surface area contributed by atoms with Gasteiger partial charge in [0.1, 0.15) is 10.8 Å². The minimum absolute atomic E-state index is 0.0730. The lowest BCUT2D eigenvalue weighted by atomic mass is 10.3. The van der Waals surface area contributed by atoms with Crippen LogP contribution < -0.4 is 10.1 Å². The van der Waals surface area contributed by atoms with Gasteiger partial charge in [0.15, 0.2) is 6.61 Å². The Labute approximate surface area is 121 Å². The average molecular weight is 339 g/mol. The van der Waals surface area contributed by atoms with Crippen molar-refractivity contribution >= 4 is 29.0 Å². The van der Waals surface area contributed by atoms with E-state index in [-0.39, 0.29) is 15.9 Å². The Balaban J connectivity index is 2.90. The maximum atomic E-state index is 12.7. The Kier molecular flexibility index (Phi) is 5.26. The first-order valence-corrected chi connectivity index (χ1v) is 6.01. The van der Waals surface area contributed by atoms with Gasteiger partial charge in [-0.05, 0) is 13.0 Å². The van der Waals surface area contributed by atoms with Gasteiger partial charge < -0.3 is 10.1 Å². The van der Waals surface area contributed by atoms with Gasteiger partial charge in [-0.15, -0.1) is 0 Å². The van der Waals surface area contributed by atoms with E-state index in [1.807, 2.05) is 0 Å². The highest BCUT2D eigenvalue weighted by molar-refractivity contribution is 6.36. The van der Waals surface area contributed by atoms with E-state index in [2.05, 4.69) is 15.0 Å². The van der Waals surface area contributed by atoms with Crippen LogP contribution in [-0.2, 0) is 0 Å². The third-order valence-corrected chi connectivity index (χ3v) is 2.61. The average Bonchev–Trinajstić information content (AvgIpc) is 2.30. The Morgan fingerprint density at radius 3 is 2.30 bits per heavy atom. The van der Waals surface area contributed by atoms with Crippen molar-refractivity contribution in [1.29, 1.82) is 0 Å². The van der Waals surface area contributed by atoms with Gasteiger partial charge >= 0.3 is 12.1 Å². The highest BCUT2D eigenvalue weighted by Crippen LogP contribution is 2.37. The van der Waals surface area contributed by atoms with Crippen molar-refractivity contribution in [2.45, 2.75) is 19.0 Å². The molecule has 0 amide bonds. The summed E-state index contributed by atoms with van der Waals surface area (Å²) >= 11 is 11.4. The van der Waals surface area contributed by atoms with Gasteiger partial charge in [0, 0.05) is 6.54 Å². The summed E-state index contributed by atoms with van der Waals surface area (Å²) in [6.07, 6.45) is -5.71. The number of nitrogens with one attached hydrogen (secondary N) is 1.